The van der Waals surface area contributed by atoms with Crippen molar-refractivity contribution in [3.05, 3.63) is 27.4 Å². The topological polar surface area (TPSA) is 85.3 Å². The number of aromatic nitrogens is 1. The predicted molar refractivity (Wildman–Crippen MR) is 62.8 cm³/mol. The van der Waals surface area contributed by atoms with Crippen LogP contribution in [0.15, 0.2) is 12.3 Å². The van der Waals surface area contributed by atoms with Gasteiger partial charge in [-0.2, -0.15) is 0 Å². The number of pyridine rings is 1. The van der Waals surface area contributed by atoms with E-state index in [0.717, 1.165) is 6.42 Å². The van der Waals surface area contributed by atoms with Crippen LogP contribution in [0, 0.1) is 10.1 Å². The maximum atomic E-state index is 10.8. The van der Waals surface area contributed by atoms with E-state index in [1.807, 2.05) is 0 Å². The molecule has 1 aromatic rings. The van der Waals surface area contributed by atoms with E-state index in [1.54, 1.807) is 11.9 Å². The third kappa shape index (κ3) is 3.04. The lowest BCUT2D eigenvalue weighted by atomic mass is 10.3. The molecule has 0 radical (unpaired) electrons. The summed E-state index contributed by atoms with van der Waals surface area (Å²) in [5.41, 5.74) is 5.28. The number of nitrogens with two attached hydrogens (primary N) is 1. The Morgan fingerprint density at radius 3 is 2.94 bits per heavy atom. The molecular formula is C9H13ClN4O2. The molecule has 0 atom stereocenters. The van der Waals surface area contributed by atoms with Crippen LogP contribution in [0.1, 0.15) is 6.42 Å². The van der Waals surface area contributed by atoms with E-state index in [2.05, 4.69) is 4.98 Å². The van der Waals surface area contributed by atoms with Crippen molar-refractivity contribution in [3.63, 3.8) is 0 Å². The third-order valence-corrected chi connectivity index (χ3v) is 2.28. The lowest BCUT2D eigenvalue weighted by molar-refractivity contribution is -0.384. The zero-order chi connectivity index (χ0) is 12.1. The number of halogens is 1. The van der Waals surface area contributed by atoms with Gasteiger partial charge in [0.05, 0.1) is 9.95 Å². The minimum absolute atomic E-state index is 0.0907. The van der Waals surface area contributed by atoms with E-state index in [4.69, 9.17) is 17.3 Å². The Labute approximate surface area is 98.2 Å². The van der Waals surface area contributed by atoms with Crippen molar-refractivity contribution in [2.24, 2.45) is 5.73 Å². The molecule has 0 aliphatic heterocycles. The van der Waals surface area contributed by atoms with Gasteiger partial charge < -0.3 is 10.6 Å². The minimum atomic E-state index is -0.493. The molecule has 1 heterocycles. The van der Waals surface area contributed by atoms with Gasteiger partial charge in [0.1, 0.15) is 0 Å². The quantitative estimate of drug-likeness (QED) is 0.626. The number of rotatable bonds is 5. The Balaban J connectivity index is 2.98. The summed E-state index contributed by atoms with van der Waals surface area (Å²) in [5.74, 6) is 0.308. The Morgan fingerprint density at radius 1 is 1.69 bits per heavy atom. The second kappa shape index (κ2) is 5.62. The van der Waals surface area contributed by atoms with Crippen LogP contribution in [0.3, 0.4) is 0 Å². The van der Waals surface area contributed by atoms with Gasteiger partial charge in [0.25, 0.3) is 0 Å². The van der Waals surface area contributed by atoms with Gasteiger partial charge in [0.15, 0.2) is 0 Å². The predicted octanol–water partition coefficient (Wildman–Crippen LogP) is 1.43. The molecule has 88 valence electrons. The standard InChI is InChI=1S/C9H13ClN4O2/c1-13(4-2-3-11)9-8(14(15)16)5-7(10)6-12-9/h5-6H,2-4,11H2,1H3. The summed E-state index contributed by atoms with van der Waals surface area (Å²) >= 11 is 5.66. The highest BCUT2D eigenvalue weighted by Crippen LogP contribution is 2.27. The summed E-state index contributed by atoms with van der Waals surface area (Å²) in [5, 5.41) is 11.1. The molecule has 0 spiro atoms. The van der Waals surface area contributed by atoms with Gasteiger partial charge in [-0.15, -0.1) is 0 Å². The first-order valence-corrected chi connectivity index (χ1v) is 5.15. The maximum Gasteiger partial charge on any atom is 0.313 e. The van der Waals surface area contributed by atoms with Crippen LogP contribution < -0.4 is 10.6 Å². The van der Waals surface area contributed by atoms with Gasteiger partial charge in [-0.05, 0) is 13.0 Å². The Bertz CT molecular complexity index is 386. The molecule has 0 aliphatic carbocycles. The fraction of sp³-hybridized carbons (Fsp3) is 0.444. The van der Waals surface area contributed by atoms with Gasteiger partial charge in [-0.25, -0.2) is 4.98 Å². The lowest BCUT2D eigenvalue weighted by Gasteiger charge is -2.17. The molecule has 1 aromatic heterocycles. The third-order valence-electron chi connectivity index (χ3n) is 2.07. The van der Waals surface area contributed by atoms with Crippen molar-refractivity contribution in [2.75, 3.05) is 25.0 Å². The van der Waals surface area contributed by atoms with Gasteiger partial charge in [-0.3, -0.25) is 10.1 Å². The smallest absolute Gasteiger partial charge is 0.313 e. The average Bonchev–Trinajstić information content (AvgIpc) is 2.25. The summed E-state index contributed by atoms with van der Waals surface area (Å²) in [6.45, 7) is 1.15. The minimum Gasteiger partial charge on any atom is -0.354 e. The van der Waals surface area contributed by atoms with E-state index in [1.165, 1.54) is 12.3 Å². The van der Waals surface area contributed by atoms with Crippen molar-refractivity contribution in [1.29, 1.82) is 0 Å². The largest absolute Gasteiger partial charge is 0.354 e. The maximum absolute atomic E-state index is 10.8. The SMILES string of the molecule is CN(CCCN)c1ncc(Cl)cc1[N+](=O)[O-]. The number of hydrogen-bond donors (Lipinski definition) is 1. The van der Waals surface area contributed by atoms with Gasteiger partial charge >= 0.3 is 5.69 Å². The van der Waals surface area contributed by atoms with E-state index in [-0.39, 0.29) is 10.7 Å². The molecule has 6 nitrogen and oxygen atoms in total. The summed E-state index contributed by atoms with van der Waals surface area (Å²) in [6, 6.07) is 1.29. The Hall–Kier alpha value is -1.40. The van der Waals surface area contributed by atoms with Crippen LogP contribution >= 0.6 is 11.6 Å². The molecule has 0 amide bonds. The van der Waals surface area contributed by atoms with Crippen molar-refractivity contribution >= 4 is 23.1 Å². The molecule has 2 N–H and O–H groups in total. The molecule has 0 fully saturated rings. The van der Waals surface area contributed by atoms with E-state index >= 15 is 0 Å². The number of nitro groups is 1. The molecule has 0 saturated carbocycles. The fourth-order valence-electron chi connectivity index (χ4n) is 1.28. The summed E-state index contributed by atoms with van der Waals surface area (Å²) in [4.78, 5) is 16.0. The van der Waals surface area contributed by atoms with Crippen molar-refractivity contribution in [3.8, 4) is 0 Å². The highest BCUT2D eigenvalue weighted by atomic mass is 35.5. The number of nitrogens with zero attached hydrogens (tertiary/aromatic N) is 3. The average molecular weight is 245 g/mol. The molecule has 0 bridgehead atoms. The van der Waals surface area contributed by atoms with Gasteiger partial charge in [0.2, 0.25) is 5.82 Å². The van der Waals surface area contributed by atoms with Crippen LogP contribution in [0.4, 0.5) is 11.5 Å². The zero-order valence-electron chi connectivity index (χ0n) is 8.89. The van der Waals surface area contributed by atoms with Gasteiger partial charge in [0, 0.05) is 25.9 Å². The van der Waals surface area contributed by atoms with Crippen LogP contribution in [0.5, 0.6) is 0 Å². The Kier molecular flexibility index (Phi) is 4.45. The summed E-state index contributed by atoms with van der Waals surface area (Å²) in [6.07, 6.45) is 2.14. The van der Waals surface area contributed by atoms with Crippen molar-refractivity contribution in [2.45, 2.75) is 6.42 Å². The van der Waals surface area contributed by atoms with Crippen molar-refractivity contribution in [1.82, 2.24) is 4.98 Å². The summed E-state index contributed by atoms with van der Waals surface area (Å²) < 4.78 is 0. The van der Waals surface area contributed by atoms with Crippen LogP contribution in [0.2, 0.25) is 5.02 Å². The molecule has 0 aromatic carbocycles. The van der Waals surface area contributed by atoms with Crippen LogP contribution in [0.25, 0.3) is 0 Å². The first kappa shape index (κ1) is 12.7. The van der Waals surface area contributed by atoms with Crippen molar-refractivity contribution < 1.29 is 4.92 Å². The number of hydrogen-bond acceptors (Lipinski definition) is 5. The summed E-state index contributed by atoms with van der Waals surface area (Å²) in [7, 11) is 1.74. The van der Waals surface area contributed by atoms with Crippen LogP contribution in [-0.2, 0) is 0 Å². The zero-order valence-corrected chi connectivity index (χ0v) is 9.65. The molecule has 1 rings (SSSR count). The second-order valence-electron chi connectivity index (χ2n) is 3.32. The van der Waals surface area contributed by atoms with Gasteiger partial charge in [-0.1, -0.05) is 11.6 Å². The van der Waals surface area contributed by atoms with E-state index in [9.17, 15) is 10.1 Å². The highest BCUT2D eigenvalue weighted by Gasteiger charge is 2.18. The van der Waals surface area contributed by atoms with Crippen LogP contribution in [-0.4, -0.2) is 30.0 Å². The Morgan fingerprint density at radius 2 is 2.38 bits per heavy atom. The molecule has 16 heavy (non-hydrogen) atoms. The molecule has 0 saturated heterocycles. The normalized spacial score (nSPS) is 10.2. The number of anilines is 1. The second-order valence-corrected chi connectivity index (χ2v) is 3.75. The fourth-order valence-corrected chi connectivity index (χ4v) is 1.44. The monoisotopic (exact) mass is 244 g/mol. The molecular weight excluding hydrogens is 232 g/mol. The lowest BCUT2D eigenvalue weighted by Crippen LogP contribution is -2.22. The first-order valence-electron chi connectivity index (χ1n) is 4.77. The first-order chi connectivity index (χ1) is 7.56. The van der Waals surface area contributed by atoms with E-state index in [0.29, 0.717) is 18.9 Å². The highest BCUT2D eigenvalue weighted by molar-refractivity contribution is 6.30. The molecule has 0 unspecified atom stereocenters. The van der Waals surface area contributed by atoms with E-state index < -0.39 is 4.92 Å². The molecule has 7 heteroatoms. The molecule has 0 aliphatic rings.